The summed E-state index contributed by atoms with van der Waals surface area (Å²) in [7, 11) is 0. The van der Waals surface area contributed by atoms with Crippen LogP contribution in [0.1, 0.15) is 10.4 Å². The van der Waals surface area contributed by atoms with Crippen molar-refractivity contribution in [3.8, 4) is 6.07 Å². The summed E-state index contributed by atoms with van der Waals surface area (Å²) in [6.07, 6.45) is -4.27. The van der Waals surface area contributed by atoms with E-state index in [-0.39, 0.29) is 10.2 Å². The fraction of sp³-hybridized carbons (Fsp3) is 0.167. The highest BCUT2D eigenvalue weighted by atomic mass is 19.4. The molecule has 0 aliphatic carbocycles. The number of carbonyl (C=O) groups excluding carboxylic acids is 1. The summed E-state index contributed by atoms with van der Waals surface area (Å²) < 4.78 is 35.6. The molecule has 0 saturated carbocycles. The van der Waals surface area contributed by atoms with E-state index >= 15 is 0 Å². The fourth-order valence-corrected chi connectivity index (χ4v) is 0.726. The minimum Gasteiger partial charge on any atom is -0.382 e. The topological polar surface area (TPSA) is 84.7 Å². The van der Waals surface area contributed by atoms with Crippen molar-refractivity contribution in [1.29, 1.82) is 5.26 Å². The average molecular weight is 204 g/mol. The molecule has 2 N–H and O–H groups in total. The Morgan fingerprint density at radius 3 is 2.57 bits per heavy atom. The van der Waals surface area contributed by atoms with E-state index in [1.54, 1.807) is 0 Å². The van der Waals surface area contributed by atoms with E-state index in [0.29, 0.717) is 0 Å². The van der Waals surface area contributed by atoms with Crippen LogP contribution < -0.4 is 5.73 Å². The van der Waals surface area contributed by atoms with Gasteiger partial charge in [-0.2, -0.15) is 28.2 Å². The molecule has 74 valence electrons. The molecule has 1 rings (SSSR count). The molecule has 1 heterocycles. The van der Waals surface area contributed by atoms with Crippen LogP contribution in [0.4, 0.5) is 19.0 Å². The second-order valence-corrected chi connectivity index (χ2v) is 2.27. The number of nitrogens with zero attached hydrogens (tertiary/aromatic N) is 3. The average Bonchev–Trinajstić information content (AvgIpc) is 2.43. The van der Waals surface area contributed by atoms with Crippen LogP contribution >= 0.6 is 0 Å². The molecule has 0 unspecified atom stereocenters. The largest absolute Gasteiger partial charge is 0.473 e. The summed E-state index contributed by atoms with van der Waals surface area (Å²) in [5, 5.41) is 11.4. The van der Waals surface area contributed by atoms with Gasteiger partial charge >= 0.3 is 12.1 Å². The minimum absolute atomic E-state index is 0.0570. The fourth-order valence-electron chi connectivity index (χ4n) is 0.726. The lowest BCUT2D eigenvalue weighted by Crippen LogP contribution is -2.30. The van der Waals surface area contributed by atoms with Gasteiger partial charge in [-0.3, -0.25) is 4.79 Å². The van der Waals surface area contributed by atoms with Crippen molar-refractivity contribution in [3.05, 3.63) is 11.8 Å². The standard InChI is InChI=1S/C6H3F3N4O/c7-6(8,9)5(14)13-4(11)3(1-10)2-12-13/h2H,11H2. The van der Waals surface area contributed by atoms with Crippen LogP contribution in [-0.4, -0.2) is 21.9 Å². The van der Waals surface area contributed by atoms with Gasteiger partial charge in [0, 0.05) is 0 Å². The number of carbonyl (C=O) groups is 1. The van der Waals surface area contributed by atoms with Crippen LogP contribution in [0.2, 0.25) is 0 Å². The summed E-state index contributed by atoms with van der Waals surface area (Å²) in [6.45, 7) is 0. The van der Waals surface area contributed by atoms with Gasteiger partial charge in [0.2, 0.25) is 0 Å². The molecule has 8 heteroatoms. The molecule has 0 radical (unpaired) electrons. The molecule has 0 bridgehead atoms. The van der Waals surface area contributed by atoms with Crippen molar-refractivity contribution in [2.24, 2.45) is 0 Å². The molecule has 0 atom stereocenters. The van der Waals surface area contributed by atoms with Crippen LogP contribution in [0.5, 0.6) is 0 Å². The van der Waals surface area contributed by atoms with Gasteiger partial charge in [0.05, 0.1) is 6.20 Å². The van der Waals surface area contributed by atoms with Gasteiger partial charge in [0.1, 0.15) is 17.5 Å². The molecule has 0 aromatic carbocycles. The lowest BCUT2D eigenvalue weighted by atomic mass is 10.4. The summed E-state index contributed by atoms with van der Waals surface area (Å²) in [6, 6.07) is 1.49. The Labute approximate surface area is 75.5 Å². The Morgan fingerprint density at radius 1 is 1.64 bits per heavy atom. The number of anilines is 1. The summed E-state index contributed by atoms with van der Waals surface area (Å²) in [5.74, 6) is -2.84. The maximum atomic E-state index is 11.9. The highest BCUT2D eigenvalue weighted by Gasteiger charge is 2.41. The Morgan fingerprint density at radius 2 is 2.21 bits per heavy atom. The van der Waals surface area contributed by atoms with Gasteiger partial charge in [-0.25, -0.2) is 0 Å². The first-order valence-electron chi connectivity index (χ1n) is 3.23. The number of nitrogens with two attached hydrogens (primary N) is 1. The second-order valence-electron chi connectivity index (χ2n) is 2.27. The number of hydrogen-bond acceptors (Lipinski definition) is 4. The molecule has 1 aromatic rings. The van der Waals surface area contributed by atoms with Gasteiger partial charge in [0.15, 0.2) is 0 Å². The first-order chi connectivity index (χ1) is 6.38. The molecule has 0 aliphatic heterocycles. The number of rotatable bonds is 0. The molecular weight excluding hydrogens is 201 g/mol. The zero-order chi connectivity index (χ0) is 10.9. The summed E-state index contributed by atoms with van der Waals surface area (Å²) in [4.78, 5) is 10.6. The molecule has 0 spiro atoms. The lowest BCUT2D eigenvalue weighted by Gasteiger charge is -2.05. The van der Waals surface area contributed by atoms with Crippen molar-refractivity contribution in [2.75, 3.05) is 5.73 Å². The van der Waals surface area contributed by atoms with Gasteiger partial charge in [0.25, 0.3) is 0 Å². The predicted octanol–water partition coefficient (Wildman–Crippen LogP) is 0.539. The third-order valence-electron chi connectivity index (χ3n) is 1.36. The maximum Gasteiger partial charge on any atom is 0.473 e. The number of aromatic nitrogens is 2. The monoisotopic (exact) mass is 204 g/mol. The number of nitriles is 1. The van der Waals surface area contributed by atoms with Gasteiger partial charge < -0.3 is 5.73 Å². The third-order valence-corrected chi connectivity index (χ3v) is 1.36. The predicted molar refractivity (Wildman–Crippen MR) is 38.0 cm³/mol. The Kier molecular flexibility index (Phi) is 2.17. The number of halogens is 3. The molecule has 0 fully saturated rings. The SMILES string of the molecule is N#Cc1cnn(C(=O)C(F)(F)F)c1N. The molecule has 14 heavy (non-hydrogen) atoms. The van der Waals surface area contributed by atoms with Crippen LogP contribution in [0.15, 0.2) is 6.20 Å². The van der Waals surface area contributed by atoms with Crippen LogP contribution in [0, 0.1) is 11.3 Å². The molecular formula is C6H3F3N4O. The van der Waals surface area contributed by atoms with Crippen LogP contribution in [-0.2, 0) is 0 Å². The van der Waals surface area contributed by atoms with Crippen molar-refractivity contribution in [1.82, 2.24) is 9.78 Å². The van der Waals surface area contributed by atoms with Gasteiger partial charge in [-0.15, -0.1) is 0 Å². The highest BCUT2D eigenvalue weighted by molar-refractivity contribution is 5.86. The molecule has 0 saturated heterocycles. The second kappa shape index (κ2) is 3.02. The number of nitrogen functional groups attached to an aromatic ring is 1. The van der Waals surface area contributed by atoms with E-state index in [4.69, 9.17) is 11.0 Å². The zero-order valence-electron chi connectivity index (χ0n) is 6.54. The first kappa shape index (κ1) is 10.0. The maximum absolute atomic E-state index is 11.9. The van der Waals surface area contributed by atoms with Crippen molar-refractivity contribution in [3.63, 3.8) is 0 Å². The first-order valence-corrected chi connectivity index (χ1v) is 3.23. The molecule has 0 amide bonds. The Balaban J connectivity index is 3.17. The minimum atomic E-state index is -5.06. The van der Waals surface area contributed by atoms with Crippen molar-refractivity contribution >= 4 is 11.7 Å². The molecule has 5 nitrogen and oxygen atoms in total. The lowest BCUT2D eigenvalue weighted by molar-refractivity contribution is -0.0953. The van der Waals surface area contributed by atoms with Crippen molar-refractivity contribution < 1.29 is 18.0 Å². The summed E-state index contributed by atoms with van der Waals surface area (Å²) >= 11 is 0. The molecule has 0 aliphatic rings. The number of hydrogen-bond donors (Lipinski definition) is 1. The van der Waals surface area contributed by atoms with Gasteiger partial charge in [-0.05, 0) is 0 Å². The van der Waals surface area contributed by atoms with E-state index < -0.39 is 17.9 Å². The zero-order valence-corrected chi connectivity index (χ0v) is 6.54. The smallest absolute Gasteiger partial charge is 0.382 e. The summed E-state index contributed by atoms with van der Waals surface area (Å²) in [5.41, 5.74) is 4.79. The van der Waals surface area contributed by atoms with Gasteiger partial charge in [-0.1, -0.05) is 0 Å². The van der Waals surface area contributed by atoms with E-state index in [1.807, 2.05) is 0 Å². The van der Waals surface area contributed by atoms with E-state index in [1.165, 1.54) is 6.07 Å². The third kappa shape index (κ3) is 1.52. The quantitative estimate of drug-likeness (QED) is 0.668. The molecule has 1 aromatic heterocycles. The van der Waals surface area contributed by atoms with Crippen LogP contribution in [0.3, 0.4) is 0 Å². The van der Waals surface area contributed by atoms with Crippen LogP contribution in [0.25, 0.3) is 0 Å². The number of alkyl halides is 3. The van der Waals surface area contributed by atoms with E-state index in [9.17, 15) is 18.0 Å². The Bertz CT molecular complexity index is 414. The normalized spacial score (nSPS) is 11.0. The van der Waals surface area contributed by atoms with E-state index in [2.05, 4.69) is 5.10 Å². The Hall–Kier alpha value is -2.04. The van der Waals surface area contributed by atoms with Crippen molar-refractivity contribution in [2.45, 2.75) is 6.18 Å². The van der Waals surface area contributed by atoms with E-state index in [0.717, 1.165) is 6.20 Å². The highest BCUT2D eigenvalue weighted by Crippen LogP contribution is 2.20.